The lowest BCUT2D eigenvalue weighted by atomic mass is 10.1. The maximum atomic E-state index is 6.11. The summed E-state index contributed by atoms with van der Waals surface area (Å²) in [5, 5.41) is 2.77. The van der Waals surface area contributed by atoms with Crippen LogP contribution < -0.4 is 0 Å². The van der Waals surface area contributed by atoms with Crippen molar-refractivity contribution in [3.05, 3.63) is 45.9 Å². The molecule has 1 nitrogen and oxygen atoms in total. The average molecular weight is 282 g/mol. The molecular weight excluding hydrogens is 275 g/mol. The Labute approximate surface area is 99.8 Å². The van der Waals surface area contributed by atoms with Gasteiger partial charge in [0.25, 0.3) is 0 Å². The summed E-state index contributed by atoms with van der Waals surface area (Å²) < 4.78 is 6.65. The summed E-state index contributed by atoms with van der Waals surface area (Å²) in [6.07, 6.45) is 0. The molecule has 0 aliphatic rings. The number of furan rings is 1. The lowest BCUT2D eigenvalue weighted by molar-refractivity contribution is 0.669. The lowest BCUT2D eigenvalue weighted by Gasteiger charge is -1.93. The molecule has 2 aromatic carbocycles. The number of halogens is 2. The van der Waals surface area contributed by atoms with Crippen molar-refractivity contribution in [2.24, 2.45) is 0 Å². The second-order valence-electron chi connectivity index (χ2n) is 3.36. The fraction of sp³-hybridized carbons (Fsp3) is 0. The van der Waals surface area contributed by atoms with Crippen molar-refractivity contribution in [3.63, 3.8) is 0 Å². The van der Waals surface area contributed by atoms with Crippen molar-refractivity contribution < 1.29 is 4.42 Å². The van der Waals surface area contributed by atoms with E-state index in [1.54, 1.807) is 0 Å². The third-order valence-corrected chi connectivity index (χ3v) is 3.14. The highest BCUT2D eigenvalue weighted by molar-refractivity contribution is 9.10. The van der Waals surface area contributed by atoms with Gasteiger partial charge in [-0.1, -0.05) is 45.7 Å². The average Bonchev–Trinajstić information content (AvgIpc) is 2.57. The summed E-state index contributed by atoms with van der Waals surface area (Å²) in [7, 11) is 0. The molecule has 0 N–H and O–H groups in total. The van der Waals surface area contributed by atoms with Crippen LogP contribution in [0.5, 0.6) is 0 Å². The van der Waals surface area contributed by atoms with E-state index in [-0.39, 0.29) is 0 Å². The molecule has 0 amide bonds. The van der Waals surface area contributed by atoms with E-state index in [1.807, 2.05) is 36.4 Å². The van der Waals surface area contributed by atoms with E-state index in [9.17, 15) is 0 Å². The summed E-state index contributed by atoms with van der Waals surface area (Å²) >= 11 is 9.54. The second kappa shape index (κ2) is 3.26. The maximum Gasteiger partial charge on any atom is 0.154 e. The summed E-state index contributed by atoms with van der Waals surface area (Å²) in [4.78, 5) is 0. The number of rotatable bonds is 0. The Kier molecular flexibility index (Phi) is 2.01. The Morgan fingerprint density at radius 1 is 1.07 bits per heavy atom. The van der Waals surface area contributed by atoms with Crippen LogP contribution in [0.15, 0.2) is 45.3 Å². The van der Waals surface area contributed by atoms with Gasteiger partial charge in [0.2, 0.25) is 0 Å². The first-order valence-electron chi connectivity index (χ1n) is 4.52. The van der Waals surface area contributed by atoms with E-state index in [4.69, 9.17) is 16.0 Å². The Morgan fingerprint density at radius 3 is 2.73 bits per heavy atom. The quantitative estimate of drug-likeness (QED) is 0.565. The highest BCUT2D eigenvalue weighted by Crippen LogP contribution is 2.35. The van der Waals surface area contributed by atoms with Crippen LogP contribution in [-0.4, -0.2) is 0 Å². The molecule has 0 spiro atoms. The number of benzene rings is 2. The molecule has 0 aliphatic carbocycles. The van der Waals surface area contributed by atoms with Crippen LogP contribution in [0, 0.1) is 0 Å². The minimum atomic E-state index is 0.635. The molecule has 3 heteroatoms. The van der Waals surface area contributed by atoms with Crippen molar-refractivity contribution in [2.45, 2.75) is 0 Å². The summed E-state index contributed by atoms with van der Waals surface area (Å²) in [5.74, 6) is 0. The van der Waals surface area contributed by atoms with Gasteiger partial charge in [-0.25, -0.2) is 0 Å². The predicted octanol–water partition coefficient (Wildman–Crippen LogP) is 5.00. The predicted molar refractivity (Wildman–Crippen MR) is 66.4 cm³/mol. The number of para-hydroxylation sites is 1. The number of hydrogen-bond acceptors (Lipinski definition) is 1. The van der Waals surface area contributed by atoms with Gasteiger partial charge in [0, 0.05) is 15.2 Å². The highest BCUT2D eigenvalue weighted by Gasteiger charge is 2.09. The van der Waals surface area contributed by atoms with E-state index in [0.717, 1.165) is 26.4 Å². The molecular formula is C12H6BrClO. The first-order chi connectivity index (χ1) is 7.25. The third kappa shape index (κ3) is 1.36. The van der Waals surface area contributed by atoms with Crippen molar-refractivity contribution in [1.29, 1.82) is 0 Å². The number of hydrogen-bond donors (Lipinski definition) is 0. The summed E-state index contributed by atoms with van der Waals surface area (Å²) in [5.41, 5.74) is 1.62. The minimum absolute atomic E-state index is 0.635. The van der Waals surface area contributed by atoms with Gasteiger partial charge >= 0.3 is 0 Å². The van der Waals surface area contributed by atoms with Gasteiger partial charge in [-0.05, 0) is 18.2 Å². The Bertz CT molecular complexity index is 657. The van der Waals surface area contributed by atoms with Crippen LogP contribution in [-0.2, 0) is 0 Å². The zero-order chi connectivity index (χ0) is 10.4. The molecule has 74 valence electrons. The van der Waals surface area contributed by atoms with Crippen molar-refractivity contribution in [2.75, 3.05) is 0 Å². The fourth-order valence-electron chi connectivity index (χ4n) is 1.75. The molecule has 0 aliphatic heterocycles. The molecule has 0 unspecified atom stereocenters. The van der Waals surface area contributed by atoms with Gasteiger partial charge in [-0.15, -0.1) is 0 Å². The molecule has 0 atom stereocenters. The lowest BCUT2D eigenvalue weighted by Crippen LogP contribution is -1.69. The Balaban J connectivity index is 2.61. The molecule has 0 saturated heterocycles. The second-order valence-corrected chi connectivity index (χ2v) is 4.69. The highest BCUT2D eigenvalue weighted by atomic mass is 79.9. The van der Waals surface area contributed by atoms with Gasteiger partial charge in [-0.3, -0.25) is 0 Å². The smallest absolute Gasteiger partial charge is 0.154 e. The van der Waals surface area contributed by atoms with Gasteiger partial charge < -0.3 is 4.42 Å². The minimum Gasteiger partial charge on any atom is -0.454 e. The van der Waals surface area contributed by atoms with Gasteiger partial charge in [0.15, 0.2) is 5.58 Å². The van der Waals surface area contributed by atoms with E-state index < -0.39 is 0 Å². The van der Waals surface area contributed by atoms with E-state index >= 15 is 0 Å². The molecule has 0 bridgehead atoms. The van der Waals surface area contributed by atoms with E-state index in [0.29, 0.717) is 5.02 Å². The standard InChI is InChI=1S/C12H6BrClO/c13-7-5-9-8-3-1-2-4-11(8)15-12(9)10(14)6-7/h1-6H. The molecule has 0 fully saturated rings. The topological polar surface area (TPSA) is 13.1 Å². The molecule has 3 rings (SSSR count). The number of fused-ring (bicyclic) bond motifs is 3. The summed E-state index contributed by atoms with van der Waals surface area (Å²) in [6.45, 7) is 0. The monoisotopic (exact) mass is 280 g/mol. The van der Waals surface area contributed by atoms with Crippen LogP contribution >= 0.6 is 27.5 Å². The molecule has 15 heavy (non-hydrogen) atoms. The molecule has 0 radical (unpaired) electrons. The van der Waals surface area contributed by atoms with Crippen LogP contribution in [0.4, 0.5) is 0 Å². The van der Waals surface area contributed by atoms with Gasteiger partial charge in [0.1, 0.15) is 5.58 Å². The molecule has 1 heterocycles. The van der Waals surface area contributed by atoms with Crippen LogP contribution in [0.25, 0.3) is 21.9 Å². The molecule has 0 saturated carbocycles. The van der Waals surface area contributed by atoms with E-state index in [2.05, 4.69) is 15.9 Å². The Morgan fingerprint density at radius 2 is 1.87 bits per heavy atom. The SMILES string of the molecule is Clc1cc(Br)cc2c1oc1ccccc12. The zero-order valence-corrected chi connectivity index (χ0v) is 9.97. The largest absolute Gasteiger partial charge is 0.454 e. The first-order valence-corrected chi connectivity index (χ1v) is 5.69. The summed E-state index contributed by atoms with van der Waals surface area (Å²) in [6, 6.07) is 11.8. The van der Waals surface area contributed by atoms with Crippen molar-refractivity contribution >= 4 is 49.5 Å². The first kappa shape index (κ1) is 9.25. The normalized spacial score (nSPS) is 11.3. The third-order valence-electron chi connectivity index (χ3n) is 2.40. The van der Waals surface area contributed by atoms with Crippen molar-refractivity contribution in [1.82, 2.24) is 0 Å². The van der Waals surface area contributed by atoms with Gasteiger partial charge in [0.05, 0.1) is 5.02 Å². The van der Waals surface area contributed by atoms with Gasteiger partial charge in [-0.2, -0.15) is 0 Å². The maximum absolute atomic E-state index is 6.11. The fourth-order valence-corrected chi connectivity index (χ4v) is 2.60. The van der Waals surface area contributed by atoms with Crippen LogP contribution in [0.1, 0.15) is 0 Å². The van der Waals surface area contributed by atoms with E-state index in [1.165, 1.54) is 0 Å². The van der Waals surface area contributed by atoms with Crippen LogP contribution in [0.2, 0.25) is 5.02 Å². The molecule has 3 aromatic rings. The van der Waals surface area contributed by atoms with Crippen molar-refractivity contribution in [3.8, 4) is 0 Å². The molecule has 1 aromatic heterocycles. The van der Waals surface area contributed by atoms with Crippen LogP contribution in [0.3, 0.4) is 0 Å². The Hall–Kier alpha value is -0.990. The zero-order valence-electron chi connectivity index (χ0n) is 7.63.